The van der Waals surface area contributed by atoms with Gasteiger partial charge in [0.15, 0.2) is 0 Å². The van der Waals surface area contributed by atoms with E-state index in [4.69, 9.17) is 0 Å². The zero-order valence-electron chi connectivity index (χ0n) is 13.7. The maximum atomic E-state index is 12.3. The van der Waals surface area contributed by atoms with Gasteiger partial charge in [-0.3, -0.25) is 14.6 Å². The molecule has 0 bridgehead atoms. The molecule has 132 valence electrons. The fourth-order valence-corrected chi connectivity index (χ4v) is 3.12. The van der Waals surface area contributed by atoms with Gasteiger partial charge in [0, 0.05) is 25.2 Å². The number of aromatic amines is 1. The molecular weight excluding hydrogens is 322 g/mol. The summed E-state index contributed by atoms with van der Waals surface area (Å²) in [5.41, 5.74) is 0.0226. The first-order chi connectivity index (χ1) is 12.0. The maximum Gasteiger partial charge on any atom is 0.328 e. The van der Waals surface area contributed by atoms with Crippen molar-refractivity contribution in [1.82, 2.24) is 14.9 Å². The summed E-state index contributed by atoms with van der Waals surface area (Å²) in [5, 5.41) is 12.6. The number of nitrogens with zero attached hydrogens (tertiary/aromatic N) is 1. The van der Waals surface area contributed by atoms with Gasteiger partial charge in [0.1, 0.15) is 0 Å². The number of aliphatic hydroxyl groups excluding tert-OH is 1. The second kappa shape index (κ2) is 7.48. The van der Waals surface area contributed by atoms with Crippen LogP contribution >= 0.6 is 0 Å². The molecule has 0 unspecified atom stereocenters. The molecular formula is C18H21N3O4. The molecule has 7 nitrogen and oxygen atoms in total. The second-order valence-electron chi connectivity index (χ2n) is 6.39. The largest absolute Gasteiger partial charge is 0.393 e. The predicted molar refractivity (Wildman–Crippen MR) is 92.0 cm³/mol. The third-order valence-corrected chi connectivity index (χ3v) is 4.57. The number of hydrogen-bond acceptors (Lipinski definition) is 4. The number of benzene rings is 1. The van der Waals surface area contributed by atoms with E-state index >= 15 is 0 Å². The SMILES string of the molecule is O=C(CCn1ccc(=O)[nH]c1=O)N[C@@H](c1ccccc1)C1CC(O)C1. The lowest BCUT2D eigenvalue weighted by Gasteiger charge is -2.38. The molecule has 1 aromatic heterocycles. The quantitative estimate of drug-likeness (QED) is 0.713. The van der Waals surface area contributed by atoms with E-state index < -0.39 is 11.2 Å². The molecule has 3 rings (SSSR count). The highest BCUT2D eigenvalue weighted by atomic mass is 16.3. The fourth-order valence-electron chi connectivity index (χ4n) is 3.12. The average molecular weight is 343 g/mol. The number of aryl methyl sites for hydroxylation is 1. The van der Waals surface area contributed by atoms with E-state index in [2.05, 4.69) is 10.3 Å². The maximum absolute atomic E-state index is 12.3. The number of amides is 1. The molecule has 1 saturated carbocycles. The van der Waals surface area contributed by atoms with Gasteiger partial charge in [-0.1, -0.05) is 30.3 Å². The summed E-state index contributed by atoms with van der Waals surface area (Å²) in [6.07, 6.45) is 2.54. The van der Waals surface area contributed by atoms with E-state index in [-0.39, 0.29) is 36.9 Å². The zero-order chi connectivity index (χ0) is 17.8. The minimum absolute atomic E-state index is 0.130. The summed E-state index contributed by atoms with van der Waals surface area (Å²) in [6, 6.07) is 10.8. The third kappa shape index (κ3) is 4.24. The van der Waals surface area contributed by atoms with Crippen molar-refractivity contribution in [3.63, 3.8) is 0 Å². The Hall–Kier alpha value is -2.67. The molecule has 3 N–H and O–H groups in total. The van der Waals surface area contributed by atoms with Gasteiger partial charge in [0.25, 0.3) is 5.56 Å². The third-order valence-electron chi connectivity index (χ3n) is 4.57. The van der Waals surface area contributed by atoms with E-state index in [1.54, 1.807) is 0 Å². The molecule has 0 saturated heterocycles. The molecule has 0 aliphatic heterocycles. The van der Waals surface area contributed by atoms with Gasteiger partial charge >= 0.3 is 5.69 Å². The molecule has 0 spiro atoms. The van der Waals surface area contributed by atoms with Crippen molar-refractivity contribution in [3.8, 4) is 0 Å². The molecule has 0 radical (unpaired) electrons. The number of carbonyl (C=O) groups excluding carboxylic acids is 1. The topological polar surface area (TPSA) is 104 Å². The van der Waals surface area contributed by atoms with Gasteiger partial charge in [-0.05, 0) is 24.3 Å². The van der Waals surface area contributed by atoms with Gasteiger partial charge in [-0.2, -0.15) is 0 Å². The van der Waals surface area contributed by atoms with Crippen LogP contribution in [-0.2, 0) is 11.3 Å². The standard InChI is InChI=1S/C18H21N3O4/c22-14-10-13(11-14)17(12-4-2-1-3-5-12)19-15(23)6-8-21-9-7-16(24)20-18(21)25/h1-5,7,9,13-14,17,22H,6,8,10-11H2,(H,19,23)(H,20,24,25)/t13?,14?,17-/m0/s1. The second-order valence-corrected chi connectivity index (χ2v) is 6.39. The zero-order valence-corrected chi connectivity index (χ0v) is 13.7. The highest BCUT2D eigenvalue weighted by molar-refractivity contribution is 5.76. The number of rotatable bonds is 6. The highest BCUT2D eigenvalue weighted by Crippen LogP contribution is 2.38. The summed E-state index contributed by atoms with van der Waals surface area (Å²) >= 11 is 0. The normalized spacial score (nSPS) is 20.5. The predicted octanol–water partition coefficient (Wildman–Crippen LogP) is 0.555. The van der Waals surface area contributed by atoms with Crippen LogP contribution < -0.4 is 16.6 Å². The molecule has 1 fully saturated rings. The Bertz CT molecular complexity index is 837. The van der Waals surface area contributed by atoms with Crippen molar-refractivity contribution in [2.24, 2.45) is 5.92 Å². The molecule has 1 aliphatic carbocycles. The van der Waals surface area contributed by atoms with Gasteiger partial charge in [-0.15, -0.1) is 0 Å². The minimum atomic E-state index is -0.526. The summed E-state index contributed by atoms with van der Waals surface area (Å²) in [5.74, 6) is 0.0329. The van der Waals surface area contributed by atoms with Crippen LogP contribution in [0.3, 0.4) is 0 Å². The number of carbonyl (C=O) groups is 1. The van der Waals surface area contributed by atoms with E-state index in [1.165, 1.54) is 16.8 Å². The lowest BCUT2D eigenvalue weighted by Crippen LogP contribution is -2.41. The van der Waals surface area contributed by atoms with Crippen LogP contribution in [0.5, 0.6) is 0 Å². The Morgan fingerprint density at radius 1 is 1.24 bits per heavy atom. The molecule has 1 aliphatic rings. The van der Waals surface area contributed by atoms with Crippen molar-refractivity contribution in [1.29, 1.82) is 0 Å². The number of hydrogen-bond donors (Lipinski definition) is 3. The molecule has 25 heavy (non-hydrogen) atoms. The Kier molecular flexibility index (Phi) is 5.14. The molecule has 7 heteroatoms. The van der Waals surface area contributed by atoms with Crippen LogP contribution in [0.1, 0.15) is 30.9 Å². The first-order valence-corrected chi connectivity index (χ1v) is 8.35. The smallest absolute Gasteiger partial charge is 0.328 e. The van der Waals surface area contributed by atoms with E-state index in [9.17, 15) is 19.5 Å². The summed E-state index contributed by atoms with van der Waals surface area (Å²) in [6.45, 7) is 0.191. The molecule has 1 aromatic carbocycles. The van der Waals surface area contributed by atoms with Crippen LogP contribution in [0.25, 0.3) is 0 Å². The van der Waals surface area contributed by atoms with Crippen molar-refractivity contribution in [3.05, 3.63) is 69.0 Å². The van der Waals surface area contributed by atoms with Crippen molar-refractivity contribution >= 4 is 5.91 Å². The molecule has 1 atom stereocenters. The van der Waals surface area contributed by atoms with Gasteiger partial charge in [0.2, 0.25) is 5.91 Å². The van der Waals surface area contributed by atoms with Crippen LogP contribution in [0.4, 0.5) is 0 Å². The lowest BCUT2D eigenvalue weighted by atomic mass is 9.75. The Balaban J connectivity index is 1.64. The Morgan fingerprint density at radius 3 is 2.60 bits per heavy atom. The monoisotopic (exact) mass is 343 g/mol. The van der Waals surface area contributed by atoms with Crippen LogP contribution in [0.15, 0.2) is 52.2 Å². The summed E-state index contributed by atoms with van der Waals surface area (Å²) < 4.78 is 1.30. The number of nitrogens with one attached hydrogen (secondary N) is 2. The van der Waals surface area contributed by atoms with Crippen LogP contribution in [-0.4, -0.2) is 26.7 Å². The van der Waals surface area contributed by atoms with Gasteiger partial charge < -0.3 is 15.0 Å². The summed E-state index contributed by atoms with van der Waals surface area (Å²) in [4.78, 5) is 37.2. The van der Waals surface area contributed by atoms with E-state index in [0.29, 0.717) is 12.8 Å². The lowest BCUT2D eigenvalue weighted by molar-refractivity contribution is -0.123. The average Bonchev–Trinajstić information content (AvgIpc) is 2.57. The number of H-pyrrole nitrogens is 1. The van der Waals surface area contributed by atoms with Crippen LogP contribution in [0.2, 0.25) is 0 Å². The first-order valence-electron chi connectivity index (χ1n) is 8.35. The number of aliphatic hydroxyl groups is 1. The first kappa shape index (κ1) is 17.2. The molecule has 2 aromatic rings. The van der Waals surface area contributed by atoms with Crippen molar-refractivity contribution < 1.29 is 9.90 Å². The highest BCUT2D eigenvalue weighted by Gasteiger charge is 2.35. The molecule has 1 heterocycles. The van der Waals surface area contributed by atoms with Crippen molar-refractivity contribution in [2.75, 3.05) is 0 Å². The van der Waals surface area contributed by atoms with Crippen LogP contribution in [0, 0.1) is 5.92 Å². The van der Waals surface area contributed by atoms with Crippen molar-refractivity contribution in [2.45, 2.75) is 38.0 Å². The fraction of sp³-hybridized carbons (Fsp3) is 0.389. The summed E-state index contributed by atoms with van der Waals surface area (Å²) in [7, 11) is 0. The Morgan fingerprint density at radius 2 is 1.96 bits per heavy atom. The minimum Gasteiger partial charge on any atom is -0.393 e. The van der Waals surface area contributed by atoms with E-state index in [0.717, 1.165) is 5.56 Å². The van der Waals surface area contributed by atoms with E-state index in [1.807, 2.05) is 30.3 Å². The number of aromatic nitrogens is 2. The van der Waals surface area contributed by atoms with Gasteiger partial charge in [-0.25, -0.2) is 4.79 Å². The Labute approximate surface area is 144 Å². The molecule has 1 amide bonds. The van der Waals surface area contributed by atoms with Gasteiger partial charge in [0.05, 0.1) is 12.1 Å².